The Morgan fingerprint density at radius 3 is 2.29 bits per heavy atom. The average molecular weight is 384 g/mol. The van der Waals surface area contributed by atoms with E-state index in [-0.39, 0.29) is 23.6 Å². The number of nitrogens with zero attached hydrogens (tertiary/aromatic N) is 3. The summed E-state index contributed by atoms with van der Waals surface area (Å²) in [7, 11) is 1.67. The number of carbonyl (C=O) groups excluding carboxylic acids is 2. The lowest BCUT2D eigenvalue weighted by molar-refractivity contribution is 0.0298. The molecule has 1 fully saturated rings. The molecular formula is C21H28N4O3. The molecule has 28 heavy (non-hydrogen) atoms. The van der Waals surface area contributed by atoms with Crippen molar-refractivity contribution in [1.29, 1.82) is 0 Å². The lowest BCUT2D eigenvalue weighted by Gasteiger charge is -2.25. The topological polar surface area (TPSA) is 76.5 Å². The van der Waals surface area contributed by atoms with Gasteiger partial charge in [-0.05, 0) is 24.0 Å². The summed E-state index contributed by atoms with van der Waals surface area (Å²) >= 11 is 0. The molecule has 0 aliphatic carbocycles. The van der Waals surface area contributed by atoms with Crippen LogP contribution >= 0.6 is 0 Å². The van der Waals surface area contributed by atoms with Crippen LogP contribution in [0, 0.1) is 0 Å². The lowest BCUT2D eigenvalue weighted by atomic mass is 9.99. The highest BCUT2D eigenvalue weighted by Gasteiger charge is 2.24. The van der Waals surface area contributed by atoms with Crippen molar-refractivity contribution in [1.82, 2.24) is 20.0 Å². The highest BCUT2D eigenvalue weighted by Crippen LogP contribution is 2.19. The molecule has 7 heteroatoms. The van der Waals surface area contributed by atoms with Crippen molar-refractivity contribution in [2.75, 3.05) is 26.3 Å². The summed E-state index contributed by atoms with van der Waals surface area (Å²) < 4.78 is 6.73. The van der Waals surface area contributed by atoms with Gasteiger partial charge in [-0.25, -0.2) is 0 Å². The normalized spacial score (nSPS) is 15.5. The fraction of sp³-hybridized carbons (Fsp3) is 0.476. The minimum Gasteiger partial charge on any atom is -0.378 e. The molecule has 1 aliphatic heterocycles. The Morgan fingerprint density at radius 1 is 1.07 bits per heavy atom. The first-order chi connectivity index (χ1) is 13.4. The number of nitrogens with one attached hydrogen (secondary N) is 1. The number of benzene rings is 1. The number of amides is 2. The summed E-state index contributed by atoms with van der Waals surface area (Å²) in [6, 6.07) is 9.66. The van der Waals surface area contributed by atoms with Gasteiger partial charge in [0.25, 0.3) is 11.8 Å². The van der Waals surface area contributed by atoms with E-state index in [1.165, 1.54) is 10.2 Å². The first-order valence-electron chi connectivity index (χ1n) is 9.68. The number of ether oxygens (including phenoxy) is 1. The molecule has 2 aromatic rings. The Bertz CT molecular complexity index is 836. The van der Waals surface area contributed by atoms with Crippen molar-refractivity contribution in [3.8, 4) is 0 Å². The number of rotatable bonds is 5. The van der Waals surface area contributed by atoms with E-state index in [9.17, 15) is 9.59 Å². The first-order valence-corrected chi connectivity index (χ1v) is 9.68. The van der Waals surface area contributed by atoms with Gasteiger partial charge in [-0.1, -0.05) is 38.1 Å². The summed E-state index contributed by atoms with van der Waals surface area (Å²) in [6.45, 7) is 8.38. The van der Waals surface area contributed by atoms with Crippen LogP contribution in [-0.2, 0) is 11.8 Å². The molecule has 3 rings (SSSR count). The third kappa shape index (κ3) is 4.42. The molecule has 2 heterocycles. The maximum absolute atomic E-state index is 12.7. The van der Waals surface area contributed by atoms with E-state index in [1.807, 2.05) is 19.1 Å². The summed E-state index contributed by atoms with van der Waals surface area (Å²) in [4.78, 5) is 27.0. The first kappa shape index (κ1) is 20.1. The molecule has 1 unspecified atom stereocenters. The molecule has 2 amide bonds. The van der Waals surface area contributed by atoms with Gasteiger partial charge in [-0.3, -0.25) is 14.3 Å². The summed E-state index contributed by atoms with van der Waals surface area (Å²) in [5.74, 6) is 0.0440. The average Bonchev–Trinajstić information content (AvgIpc) is 3.09. The largest absolute Gasteiger partial charge is 0.378 e. The Balaban J connectivity index is 1.68. The number of hydrogen-bond donors (Lipinski definition) is 1. The maximum atomic E-state index is 12.7. The third-order valence-electron chi connectivity index (χ3n) is 5.08. The molecule has 0 saturated carbocycles. The number of carbonyl (C=O) groups is 2. The molecule has 0 radical (unpaired) electrons. The molecule has 0 bridgehead atoms. The van der Waals surface area contributed by atoms with Crippen LogP contribution in [0.25, 0.3) is 0 Å². The molecule has 1 saturated heterocycles. The zero-order chi connectivity index (χ0) is 20.3. The molecule has 1 atom stereocenters. The minimum absolute atomic E-state index is 0.151. The van der Waals surface area contributed by atoms with Crippen LogP contribution in [0.15, 0.2) is 30.3 Å². The number of aryl methyl sites for hydroxylation is 1. The maximum Gasteiger partial charge on any atom is 0.274 e. The highest BCUT2D eigenvalue weighted by atomic mass is 16.5. The van der Waals surface area contributed by atoms with E-state index in [0.29, 0.717) is 37.9 Å². The van der Waals surface area contributed by atoms with Crippen LogP contribution in [-0.4, -0.2) is 52.8 Å². The Kier molecular flexibility index (Phi) is 6.14. The minimum atomic E-state index is -0.253. The van der Waals surface area contributed by atoms with E-state index in [4.69, 9.17) is 4.74 Å². The van der Waals surface area contributed by atoms with Crippen LogP contribution < -0.4 is 5.32 Å². The summed E-state index contributed by atoms with van der Waals surface area (Å²) in [5.41, 5.74) is 2.94. The van der Waals surface area contributed by atoms with E-state index in [0.717, 1.165) is 5.56 Å². The Hall–Kier alpha value is -2.67. The van der Waals surface area contributed by atoms with E-state index in [2.05, 4.69) is 36.4 Å². The van der Waals surface area contributed by atoms with Gasteiger partial charge in [0.2, 0.25) is 0 Å². The third-order valence-corrected chi connectivity index (χ3v) is 5.08. The SMILES string of the molecule is CC(C)c1ccc(C(C)NC(=O)c2cc(C(=O)N3CCOCC3)nn2C)cc1. The molecule has 1 aromatic heterocycles. The highest BCUT2D eigenvalue weighted by molar-refractivity contribution is 5.98. The van der Waals surface area contributed by atoms with Crippen LogP contribution in [0.5, 0.6) is 0 Å². The zero-order valence-corrected chi connectivity index (χ0v) is 16.9. The van der Waals surface area contributed by atoms with Crippen LogP contribution in [0.3, 0.4) is 0 Å². The fourth-order valence-electron chi connectivity index (χ4n) is 3.24. The van der Waals surface area contributed by atoms with Gasteiger partial charge in [0.15, 0.2) is 5.69 Å². The summed E-state index contributed by atoms with van der Waals surface area (Å²) in [5, 5.41) is 7.23. The van der Waals surface area contributed by atoms with Crippen molar-refractivity contribution in [3.63, 3.8) is 0 Å². The van der Waals surface area contributed by atoms with Crippen LogP contribution in [0.2, 0.25) is 0 Å². The van der Waals surface area contributed by atoms with Crippen molar-refractivity contribution in [2.45, 2.75) is 32.7 Å². The predicted octanol–water partition coefficient (Wildman–Crippen LogP) is 2.51. The van der Waals surface area contributed by atoms with Gasteiger partial charge in [0.1, 0.15) is 5.69 Å². The molecule has 1 N–H and O–H groups in total. The van der Waals surface area contributed by atoms with E-state index in [1.54, 1.807) is 18.0 Å². The molecule has 150 valence electrons. The van der Waals surface area contributed by atoms with Crippen molar-refractivity contribution in [3.05, 3.63) is 52.8 Å². The van der Waals surface area contributed by atoms with Crippen LogP contribution in [0.4, 0.5) is 0 Å². The van der Waals surface area contributed by atoms with Gasteiger partial charge in [0.05, 0.1) is 19.3 Å². The smallest absolute Gasteiger partial charge is 0.274 e. The zero-order valence-electron chi connectivity index (χ0n) is 16.9. The molecule has 0 spiro atoms. The van der Waals surface area contributed by atoms with Gasteiger partial charge >= 0.3 is 0 Å². The second kappa shape index (κ2) is 8.56. The van der Waals surface area contributed by atoms with Gasteiger partial charge in [-0.2, -0.15) is 5.10 Å². The van der Waals surface area contributed by atoms with Gasteiger partial charge in [0, 0.05) is 26.2 Å². The monoisotopic (exact) mass is 384 g/mol. The summed E-state index contributed by atoms with van der Waals surface area (Å²) in [6.07, 6.45) is 0. The predicted molar refractivity (Wildman–Crippen MR) is 106 cm³/mol. The van der Waals surface area contributed by atoms with E-state index >= 15 is 0 Å². The molecule has 1 aromatic carbocycles. The van der Waals surface area contributed by atoms with Crippen molar-refractivity contribution in [2.24, 2.45) is 7.05 Å². The molecular weight excluding hydrogens is 356 g/mol. The van der Waals surface area contributed by atoms with Gasteiger partial charge in [-0.15, -0.1) is 0 Å². The van der Waals surface area contributed by atoms with Crippen LogP contribution in [0.1, 0.15) is 64.8 Å². The standard InChI is InChI=1S/C21H28N4O3/c1-14(2)16-5-7-17(8-6-16)15(3)22-20(26)19-13-18(23-24(19)4)21(27)25-9-11-28-12-10-25/h5-8,13-15H,9-12H2,1-4H3,(H,22,26). The fourth-order valence-corrected chi connectivity index (χ4v) is 3.24. The number of hydrogen-bond acceptors (Lipinski definition) is 4. The Labute approximate surface area is 165 Å². The molecule has 1 aliphatic rings. The van der Waals surface area contributed by atoms with Crippen molar-refractivity contribution >= 4 is 11.8 Å². The van der Waals surface area contributed by atoms with E-state index < -0.39 is 0 Å². The Morgan fingerprint density at radius 2 is 1.68 bits per heavy atom. The van der Waals surface area contributed by atoms with Crippen molar-refractivity contribution < 1.29 is 14.3 Å². The molecule has 7 nitrogen and oxygen atoms in total. The van der Waals surface area contributed by atoms with Gasteiger partial charge < -0.3 is 15.0 Å². The number of aromatic nitrogens is 2. The lowest BCUT2D eigenvalue weighted by Crippen LogP contribution is -2.40. The second-order valence-electron chi connectivity index (χ2n) is 7.46. The second-order valence-corrected chi connectivity index (χ2v) is 7.46. The number of morpholine rings is 1. The quantitative estimate of drug-likeness (QED) is 0.859.